The monoisotopic (exact) mass is 400 g/mol. The first-order valence-corrected chi connectivity index (χ1v) is 10.2. The van der Waals surface area contributed by atoms with Gasteiger partial charge < -0.3 is 10.2 Å². The molecular weight excluding hydrogens is 372 g/mol. The molecule has 0 aliphatic carbocycles. The Hall–Kier alpha value is -2.33. The zero-order valence-corrected chi connectivity index (χ0v) is 17.6. The molecule has 2 amide bonds. The lowest BCUT2D eigenvalue weighted by Gasteiger charge is -2.31. The molecule has 5 heteroatoms. The zero-order chi connectivity index (χ0) is 20.5. The van der Waals surface area contributed by atoms with E-state index in [4.69, 9.17) is 11.6 Å². The third kappa shape index (κ3) is 6.10. The van der Waals surface area contributed by atoms with Crippen LogP contribution in [0.1, 0.15) is 44.7 Å². The van der Waals surface area contributed by atoms with E-state index in [1.54, 1.807) is 11.0 Å². The van der Waals surface area contributed by atoms with E-state index in [1.165, 1.54) is 0 Å². The molecule has 150 valence electrons. The van der Waals surface area contributed by atoms with Crippen LogP contribution in [0.25, 0.3) is 0 Å². The number of carbonyl (C=O) groups excluding carboxylic acids is 2. The summed E-state index contributed by atoms with van der Waals surface area (Å²) in [5, 5.41) is 3.61. The molecule has 0 aromatic heterocycles. The highest BCUT2D eigenvalue weighted by molar-refractivity contribution is 6.31. The molecule has 0 fully saturated rings. The van der Waals surface area contributed by atoms with E-state index >= 15 is 0 Å². The number of nitrogens with zero attached hydrogens (tertiary/aromatic N) is 1. The van der Waals surface area contributed by atoms with E-state index in [0.29, 0.717) is 18.0 Å². The minimum absolute atomic E-state index is 0.0629. The highest BCUT2D eigenvalue weighted by Crippen LogP contribution is 2.20. The van der Waals surface area contributed by atoms with Gasteiger partial charge in [0, 0.05) is 17.6 Å². The van der Waals surface area contributed by atoms with Gasteiger partial charge in [-0.25, -0.2) is 0 Å². The second kappa shape index (κ2) is 10.9. The Bertz CT molecular complexity index is 779. The third-order valence-corrected chi connectivity index (χ3v) is 5.25. The van der Waals surface area contributed by atoms with Gasteiger partial charge in [-0.3, -0.25) is 9.59 Å². The van der Waals surface area contributed by atoms with Crippen LogP contribution in [0.3, 0.4) is 0 Å². The smallest absolute Gasteiger partial charge is 0.243 e. The number of hydrogen-bond acceptors (Lipinski definition) is 2. The Labute approximate surface area is 172 Å². The largest absolute Gasteiger partial charge is 0.352 e. The van der Waals surface area contributed by atoms with Gasteiger partial charge in [-0.1, -0.05) is 74.0 Å². The van der Waals surface area contributed by atoms with Crippen LogP contribution in [0, 0.1) is 0 Å². The van der Waals surface area contributed by atoms with E-state index in [0.717, 1.165) is 17.5 Å². The number of rotatable bonds is 9. The van der Waals surface area contributed by atoms with Crippen molar-refractivity contribution in [2.75, 3.05) is 0 Å². The molecular formula is C23H29ClN2O2. The summed E-state index contributed by atoms with van der Waals surface area (Å²) in [6.45, 7) is 6.22. The van der Waals surface area contributed by atoms with E-state index in [-0.39, 0.29) is 24.3 Å². The van der Waals surface area contributed by atoms with Gasteiger partial charge in [0.05, 0.1) is 6.42 Å². The fraction of sp³-hybridized carbons (Fsp3) is 0.391. The molecule has 0 aliphatic heterocycles. The van der Waals surface area contributed by atoms with Crippen molar-refractivity contribution in [3.63, 3.8) is 0 Å². The molecule has 2 aromatic rings. The maximum atomic E-state index is 13.2. The van der Waals surface area contributed by atoms with Gasteiger partial charge in [0.15, 0.2) is 0 Å². The van der Waals surface area contributed by atoms with Crippen molar-refractivity contribution in [2.45, 2.75) is 58.7 Å². The lowest BCUT2D eigenvalue weighted by Crippen LogP contribution is -2.51. The molecule has 0 aliphatic rings. The van der Waals surface area contributed by atoms with Gasteiger partial charge >= 0.3 is 0 Å². The second-order valence-electron chi connectivity index (χ2n) is 7.02. The molecule has 0 radical (unpaired) electrons. The van der Waals surface area contributed by atoms with Gasteiger partial charge in [-0.15, -0.1) is 0 Å². The Morgan fingerprint density at radius 1 is 1.00 bits per heavy atom. The first-order chi connectivity index (χ1) is 13.5. The van der Waals surface area contributed by atoms with Gasteiger partial charge in [0.25, 0.3) is 0 Å². The number of hydrogen-bond donors (Lipinski definition) is 1. The summed E-state index contributed by atoms with van der Waals surface area (Å²) in [6.07, 6.45) is 1.62. The van der Waals surface area contributed by atoms with Crippen LogP contribution in [0.2, 0.25) is 5.02 Å². The molecule has 0 unspecified atom stereocenters. The fourth-order valence-corrected chi connectivity index (χ4v) is 3.24. The number of benzene rings is 2. The predicted octanol–water partition coefficient (Wildman–Crippen LogP) is 4.60. The van der Waals surface area contributed by atoms with Crippen LogP contribution in [0.15, 0.2) is 54.6 Å². The van der Waals surface area contributed by atoms with Gasteiger partial charge in [0.1, 0.15) is 6.04 Å². The SMILES string of the molecule is CC[C@H](C(=O)N[C@@H](C)CC)N(Cc1ccccc1Cl)C(=O)Cc1ccccc1. The zero-order valence-electron chi connectivity index (χ0n) is 16.8. The maximum Gasteiger partial charge on any atom is 0.243 e. The number of nitrogens with one attached hydrogen (secondary N) is 1. The Morgan fingerprint density at radius 3 is 2.25 bits per heavy atom. The Kier molecular flexibility index (Phi) is 8.52. The fourth-order valence-electron chi connectivity index (χ4n) is 3.04. The first-order valence-electron chi connectivity index (χ1n) is 9.83. The van der Waals surface area contributed by atoms with Crippen LogP contribution in [-0.4, -0.2) is 28.8 Å². The predicted molar refractivity (Wildman–Crippen MR) is 114 cm³/mol. The second-order valence-corrected chi connectivity index (χ2v) is 7.42. The number of halogens is 1. The standard InChI is InChI=1S/C23H29ClN2O2/c1-4-17(3)25-23(28)21(5-2)26(16-19-13-9-10-14-20(19)24)22(27)15-18-11-7-6-8-12-18/h6-14,17,21H,4-5,15-16H2,1-3H3,(H,25,28)/t17-,21+/m0/s1. The van der Waals surface area contributed by atoms with E-state index < -0.39 is 6.04 Å². The van der Waals surface area contributed by atoms with Crippen molar-refractivity contribution < 1.29 is 9.59 Å². The summed E-state index contributed by atoms with van der Waals surface area (Å²) in [4.78, 5) is 27.7. The van der Waals surface area contributed by atoms with Crippen molar-refractivity contribution in [1.29, 1.82) is 0 Å². The van der Waals surface area contributed by atoms with E-state index in [1.807, 2.05) is 69.3 Å². The average Bonchev–Trinajstić information content (AvgIpc) is 2.69. The summed E-state index contributed by atoms with van der Waals surface area (Å²) < 4.78 is 0. The molecule has 0 heterocycles. The number of amides is 2. The highest BCUT2D eigenvalue weighted by atomic mass is 35.5. The van der Waals surface area contributed by atoms with Crippen LogP contribution in [0.4, 0.5) is 0 Å². The normalized spacial score (nSPS) is 12.9. The molecule has 0 spiro atoms. The molecule has 0 saturated heterocycles. The average molecular weight is 401 g/mol. The molecule has 4 nitrogen and oxygen atoms in total. The van der Waals surface area contributed by atoms with Gasteiger partial charge in [-0.05, 0) is 37.0 Å². The summed E-state index contributed by atoms with van der Waals surface area (Å²) in [7, 11) is 0. The molecule has 0 saturated carbocycles. The minimum atomic E-state index is -0.540. The van der Waals surface area contributed by atoms with Crippen LogP contribution < -0.4 is 5.32 Å². The van der Waals surface area contributed by atoms with Crippen LogP contribution in [-0.2, 0) is 22.6 Å². The lowest BCUT2D eigenvalue weighted by molar-refractivity contribution is -0.141. The van der Waals surface area contributed by atoms with Crippen molar-refractivity contribution in [3.8, 4) is 0 Å². The van der Waals surface area contributed by atoms with Crippen LogP contribution >= 0.6 is 11.6 Å². The topological polar surface area (TPSA) is 49.4 Å². The Balaban J connectivity index is 2.29. The molecule has 28 heavy (non-hydrogen) atoms. The number of carbonyl (C=O) groups is 2. The quantitative estimate of drug-likeness (QED) is 0.668. The molecule has 1 N–H and O–H groups in total. The van der Waals surface area contributed by atoms with Crippen LogP contribution in [0.5, 0.6) is 0 Å². The van der Waals surface area contributed by atoms with Crippen molar-refractivity contribution >= 4 is 23.4 Å². The van der Waals surface area contributed by atoms with E-state index in [9.17, 15) is 9.59 Å². The first kappa shape index (κ1) is 22.0. The van der Waals surface area contributed by atoms with Crippen molar-refractivity contribution in [1.82, 2.24) is 10.2 Å². The summed E-state index contributed by atoms with van der Waals surface area (Å²) in [5.74, 6) is -0.206. The Morgan fingerprint density at radius 2 is 1.64 bits per heavy atom. The molecule has 2 atom stereocenters. The highest BCUT2D eigenvalue weighted by Gasteiger charge is 2.29. The van der Waals surface area contributed by atoms with Crippen molar-refractivity contribution in [2.24, 2.45) is 0 Å². The summed E-state index contributed by atoms with van der Waals surface area (Å²) in [6, 6.07) is 16.6. The molecule has 0 bridgehead atoms. The maximum absolute atomic E-state index is 13.2. The lowest BCUT2D eigenvalue weighted by atomic mass is 10.1. The van der Waals surface area contributed by atoms with Gasteiger partial charge in [-0.2, -0.15) is 0 Å². The summed E-state index contributed by atoms with van der Waals surface area (Å²) >= 11 is 6.33. The molecule has 2 aromatic carbocycles. The summed E-state index contributed by atoms with van der Waals surface area (Å²) in [5.41, 5.74) is 1.76. The third-order valence-electron chi connectivity index (χ3n) is 4.88. The van der Waals surface area contributed by atoms with Gasteiger partial charge in [0.2, 0.25) is 11.8 Å². The van der Waals surface area contributed by atoms with E-state index in [2.05, 4.69) is 5.32 Å². The molecule has 2 rings (SSSR count). The van der Waals surface area contributed by atoms with Crippen molar-refractivity contribution in [3.05, 3.63) is 70.7 Å². The minimum Gasteiger partial charge on any atom is -0.352 e.